The van der Waals surface area contributed by atoms with Gasteiger partial charge in [0.25, 0.3) is 0 Å². The third-order valence-corrected chi connectivity index (χ3v) is 3.32. The van der Waals surface area contributed by atoms with Gasteiger partial charge in [-0.2, -0.15) is 0 Å². The Morgan fingerprint density at radius 3 is 2.33 bits per heavy atom. The van der Waals surface area contributed by atoms with Crippen LogP contribution in [0.2, 0.25) is 0 Å². The number of carbonyl (C=O) groups is 1. The van der Waals surface area contributed by atoms with Gasteiger partial charge >= 0.3 is 0 Å². The van der Waals surface area contributed by atoms with Crippen LogP contribution in [0.25, 0.3) is 0 Å². The minimum absolute atomic E-state index is 0.188. The molecule has 0 spiro atoms. The Balaban J connectivity index is 4.35. The summed E-state index contributed by atoms with van der Waals surface area (Å²) in [6, 6.07) is 0. The number of allylic oxidation sites excluding steroid dienone is 1. The molecule has 0 radical (unpaired) electrons. The van der Waals surface area contributed by atoms with Crippen LogP contribution in [0.15, 0.2) is 12.7 Å². The molecule has 0 aliphatic carbocycles. The van der Waals surface area contributed by atoms with Gasteiger partial charge in [-0.05, 0) is 18.8 Å². The van der Waals surface area contributed by atoms with Crippen LogP contribution in [0.3, 0.4) is 0 Å². The molecule has 0 N–H and O–H groups in total. The van der Waals surface area contributed by atoms with Crippen molar-refractivity contribution in [2.45, 2.75) is 59.3 Å². The van der Waals surface area contributed by atoms with Gasteiger partial charge in [-0.15, -0.1) is 6.58 Å². The number of hydrogen-bond acceptors (Lipinski definition) is 1. The summed E-state index contributed by atoms with van der Waals surface area (Å²) < 4.78 is 0. The maximum atomic E-state index is 11.2. The lowest BCUT2D eigenvalue weighted by Crippen LogP contribution is -2.27. The summed E-state index contributed by atoms with van der Waals surface area (Å²) in [6.45, 7) is 10.3. The van der Waals surface area contributed by atoms with Gasteiger partial charge in [-0.1, -0.05) is 52.5 Å². The summed E-state index contributed by atoms with van der Waals surface area (Å²) >= 11 is 0. The van der Waals surface area contributed by atoms with Gasteiger partial charge in [0.05, 0.1) is 0 Å². The molecule has 0 aromatic rings. The highest BCUT2D eigenvalue weighted by molar-refractivity contribution is 5.59. The molecule has 0 unspecified atom stereocenters. The van der Waals surface area contributed by atoms with Crippen molar-refractivity contribution in [3.63, 3.8) is 0 Å². The summed E-state index contributed by atoms with van der Waals surface area (Å²) in [6.07, 6.45) is 9.88. The van der Waals surface area contributed by atoms with E-state index < -0.39 is 0 Å². The Hall–Kier alpha value is -0.590. The van der Waals surface area contributed by atoms with E-state index in [0.717, 1.165) is 32.0 Å². The van der Waals surface area contributed by atoms with Crippen LogP contribution in [-0.4, -0.2) is 6.29 Å². The predicted molar refractivity (Wildman–Crippen MR) is 66.9 cm³/mol. The van der Waals surface area contributed by atoms with Gasteiger partial charge < -0.3 is 4.79 Å². The fourth-order valence-corrected chi connectivity index (χ4v) is 2.12. The number of carbonyl (C=O) groups excluding carboxylic acids is 1. The van der Waals surface area contributed by atoms with Gasteiger partial charge in [0.1, 0.15) is 6.29 Å². The smallest absolute Gasteiger partial charge is 0.126 e. The van der Waals surface area contributed by atoms with E-state index in [2.05, 4.69) is 27.4 Å². The molecule has 15 heavy (non-hydrogen) atoms. The second-order valence-corrected chi connectivity index (χ2v) is 4.71. The largest absolute Gasteiger partial charge is 0.303 e. The summed E-state index contributed by atoms with van der Waals surface area (Å²) in [7, 11) is 0. The predicted octanol–water partition coefficient (Wildman–Crippen LogP) is 4.37. The number of unbranched alkanes of at least 4 members (excludes halogenated alkanes) is 2. The molecule has 0 bridgehead atoms. The molecule has 0 saturated heterocycles. The molecule has 0 rings (SSSR count). The first-order valence-corrected chi connectivity index (χ1v) is 6.23. The minimum atomic E-state index is -0.188. The molecule has 0 fully saturated rings. The topological polar surface area (TPSA) is 17.1 Å². The zero-order valence-corrected chi connectivity index (χ0v) is 10.6. The van der Waals surface area contributed by atoms with E-state index in [0.29, 0.717) is 5.92 Å². The highest BCUT2D eigenvalue weighted by Crippen LogP contribution is 2.35. The molecule has 1 nitrogen and oxygen atoms in total. The summed E-state index contributed by atoms with van der Waals surface area (Å²) in [5.74, 6) is 0.344. The van der Waals surface area contributed by atoms with Crippen LogP contribution in [-0.2, 0) is 4.79 Å². The molecular formula is C14H26O. The number of hydrogen-bond donors (Lipinski definition) is 0. The van der Waals surface area contributed by atoms with Crippen LogP contribution in [0.5, 0.6) is 0 Å². The Kier molecular flexibility index (Phi) is 7.37. The highest BCUT2D eigenvalue weighted by Gasteiger charge is 2.30. The highest BCUT2D eigenvalue weighted by atomic mass is 16.1. The van der Waals surface area contributed by atoms with E-state index >= 15 is 0 Å². The second-order valence-electron chi connectivity index (χ2n) is 4.71. The molecule has 0 aliphatic heterocycles. The van der Waals surface area contributed by atoms with Crippen molar-refractivity contribution < 1.29 is 4.79 Å². The van der Waals surface area contributed by atoms with E-state index in [1.54, 1.807) is 0 Å². The van der Waals surface area contributed by atoms with Crippen molar-refractivity contribution in [1.29, 1.82) is 0 Å². The first-order chi connectivity index (χ1) is 7.14. The van der Waals surface area contributed by atoms with E-state index in [-0.39, 0.29) is 5.41 Å². The standard InChI is InChI=1S/C14H26O/c1-5-8-9-11-14(4,12-15)13(7-3)10-6-2/h7,12-13H,3,5-6,8-11H2,1-2,4H3/t13-,14+/m1/s1. The van der Waals surface area contributed by atoms with Crippen molar-refractivity contribution in [2.24, 2.45) is 11.3 Å². The normalized spacial score (nSPS) is 16.7. The molecular weight excluding hydrogens is 184 g/mol. The van der Waals surface area contributed by atoms with Gasteiger partial charge in [0.15, 0.2) is 0 Å². The maximum absolute atomic E-state index is 11.2. The third-order valence-electron chi connectivity index (χ3n) is 3.32. The first kappa shape index (κ1) is 14.4. The van der Waals surface area contributed by atoms with Crippen LogP contribution in [0, 0.1) is 11.3 Å². The number of aldehydes is 1. The molecule has 1 heteroatoms. The molecule has 0 aliphatic rings. The quantitative estimate of drug-likeness (QED) is 0.314. The summed E-state index contributed by atoms with van der Waals surface area (Å²) in [5.41, 5.74) is -0.188. The van der Waals surface area contributed by atoms with Crippen LogP contribution < -0.4 is 0 Å². The van der Waals surface area contributed by atoms with E-state index in [4.69, 9.17) is 0 Å². The van der Waals surface area contributed by atoms with Crippen LogP contribution in [0.4, 0.5) is 0 Å². The van der Waals surface area contributed by atoms with Gasteiger partial charge in [-0.25, -0.2) is 0 Å². The number of rotatable bonds is 9. The van der Waals surface area contributed by atoms with E-state index in [9.17, 15) is 4.79 Å². The molecule has 0 amide bonds. The van der Waals surface area contributed by atoms with Crippen molar-refractivity contribution in [3.05, 3.63) is 12.7 Å². The maximum Gasteiger partial charge on any atom is 0.126 e. The second kappa shape index (κ2) is 7.67. The molecule has 0 aromatic heterocycles. The zero-order valence-electron chi connectivity index (χ0n) is 10.6. The van der Waals surface area contributed by atoms with Crippen LogP contribution in [0.1, 0.15) is 59.3 Å². The van der Waals surface area contributed by atoms with Crippen molar-refractivity contribution in [2.75, 3.05) is 0 Å². The summed E-state index contributed by atoms with van der Waals surface area (Å²) in [5, 5.41) is 0. The fourth-order valence-electron chi connectivity index (χ4n) is 2.12. The molecule has 2 atom stereocenters. The molecule has 88 valence electrons. The summed E-state index contributed by atoms with van der Waals surface area (Å²) in [4.78, 5) is 11.2. The molecule has 0 aromatic carbocycles. The lowest BCUT2D eigenvalue weighted by Gasteiger charge is -2.30. The van der Waals surface area contributed by atoms with Crippen LogP contribution >= 0.6 is 0 Å². The van der Waals surface area contributed by atoms with Crippen molar-refractivity contribution in [3.8, 4) is 0 Å². The molecule has 0 saturated carbocycles. The Bertz CT molecular complexity index is 186. The monoisotopic (exact) mass is 210 g/mol. The lowest BCUT2D eigenvalue weighted by atomic mass is 9.72. The van der Waals surface area contributed by atoms with Gasteiger partial charge in [0, 0.05) is 5.41 Å². The van der Waals surface area contributed by atoms with E-state index in [1.165, 1.54) is 12.8 Å². The molecule has 0 heterocycles. The zero-order chi connectivity index (χ0) is 11.7. The third kappa shape index (κ3) is 4.63. The average molecular weight is 210 g/mol. The Morgan fingerprint density at radius 2 is 1.93 bits per heavy atom. The minimum Gasteiger partial charge on any atom is -0.303 e. The van der Waals surface area contributed by atoms with Crippen molar-refractivity contribution in [1.82, 2.24) is 0 Å². The van der Waals surface area contributed by atoms with E-state index in [1.807, 2.05) is 6.08 Å². The average Bonchev–Trinajstić information content (AvgIpc) is 2.26. The Labute approximate surface area is 95.0 Å². The van der Waals surface area contributed by atoms with Gasteiger partial charge in [-0.3, -0.25) is 0 Å². The Morgan fingerprint density at radius 1 is 1.27 bits per heavy atom. The fraction of sp³-hybridized carbons (Fsp3) is 0.786. The lowest BCUT2D eigenvalue weighted by molar-refractivity contribution is -0.117. The SMILES string of the molecule is C=C[C@H](CCC)[C@](C)(C=O)CCCCC. The first-order valence-electron chi connectivity index (χ1n) is 6.23. The van der Waals surface area contributed by atoms with Gasteiger partial charge in [0.2, 0.25) is 0 Å². The van der Waals surface area contributed by atoms with Crippen molar-refractivity contribution >= 4 is 6.29 Å².